The molecule has 1 aromatic carbocycles. The highest BCUT2D eigenvalue weighted by atomic mass is 32.1. The van der Waals surface area contributed by atoms with Crippen LogP contribution in [-0.2, 0) is 4.79 Å². The number of rotatable bonds is 6. The number of carbonyl (C=O) groups is 1. The van der Waals surface area contributed by atoms with Crippen LogP contribution in [0.5, 0.6) is 0 Å². The lowest BCUT2D eigenvalue weighted by molar-refractivity contribution is -0.118. The average Bonchev–Trinajstić information content (AvgIpc) is 3.50. The molecule has 1 aliphatic rings. The van der Waals surface area contributed by atoms with Gasteiger partial charge in [0.2, 0.25) is 5.91 Å². The minimum absolute atomic E-state index is 0.00880. The number of pyridine rings is 2. The van der Waals surface area contributed by atoms with Crippen molar-refractivity contribution in [3.05, 3.63) is 102 Å². The van der Waals surface area contributed by atoms with Crippen molar-refractivity contribution in [3.63, 3.8) is 0 Å². The lowest BCUT2D eigenvalue weighted by Gasteiger charge is -2.29. The van der Waals surface area contributed by atoms with Crippen molar-refractivity contribution in [3.8, 4) is 5.82 Å². The Hall–Kier alpha value is -4.04. The Balaban J connectivity index is 1.59. The van der Waals surface area contributed by atoms with E-state index in [1.54, 1.807) is 12.4 Å². The van der Waals surface area contributed by atoms with Crippen LogP contribution in [0.15, 0.2) is 85.3 Å². The van der Waals surface area contributed by atoms with E-state index in [1.807, 2.05) is 81.6 Å². The highest BCUT2D eigenvalue weighted by Gasteiger charge is 2.42. The van der Waals surface area contributed by atoms with Crippen molar-refractivity contribution in [2.75, 3.05) is 10.2 Å². The Morgan fingerprint density at radius 2 is 1.81 bits per heavy atom. The number of thiocarbonyl (C=S) groups is 1. The SMILES string of the molecule is Cc1cc(N2C(=S)N[C@H](c3ccccn3)[C@H]2c2cccn2-c2ccccn2)ccc1NC(=O)C(C)C. The number of carbonyl (C=O) groups excluding carboxylic acids is 1. The molecule has 0 saturated carbocycles. The third-order valence-electron chi connectivity index (χ3n) is 6.35. The van der Waals surface area contributed by atoms with Crippen molar-refractivity contribution in [1.29, 1.82) is 0 Å². The fourth-order valence-electron chi connectivity index (χ4n) is 4.49. The molecule has 5 rings (SSSR count). The van der Waals surface area contributed by atoms with Gasteiger partial charge in [-0.05, 0) is 79.3 Å². The molecule has 4 heterocycles. The van der Waals surface area contributed by atoms with Gasteiger partial charge in [-0.3, -0.25) is 9.78 Å². The number of benzene rings is 1. The molecule has 182 valence electrons. The van der Waals surface area contributed by atoms with Gasteiger partial charge in [-0.25, -0.2) is 4.98 Å². The third-order valence-corrected chi connectivity index (χ3v) is 6.66. The maximum Gasteiger partial charge on any atom is 0.226 e. The second kappa shape index (κ2) is 9.91. The highest BCUT2D eigenvalue weighted by Crippen LogP contribution is 2.42. The summed E-state index contributed by atoms with van der Waals surface area (Å²) in [7, 11) is 0. The fourth-order valence-corrected chi connectivity index (χ4v) is 4.83. The summed E-state index contributed by atoms with van der Waals surface area (Å²) in [4.78, 5) is 23.6. The molecule has 0 aliphatic carbocycles. The first-order valence-corrected chi connectivity index (χ1v) is 12.4. The minimum Gasteiger partial charge on any atom is -0.351 e. The number of nitrogens with one attached hydrogen (secondary N) is 2. The molecule has 1 fully saturated rings. The summed E-state index contributed by atoms with van der Waals surface area (Å²) in [5, 5.41) is 7.14. The van der Waals surface area contributed by atoms with Crippen LogP contribution in [0.3, 0.4) is 0 Å². The molecule has 8 heteroatoms. The number of amides is 1. The Kier molecular flexibility index (Phi) is 6.52. The summed E-state index contributed by atoms with van der Waals surface area (Å²) in [6.45, 7) is 5.76. The standard InChI is InChI=1S/C28H28N6OS/c1-18(2)27(35)31-21-13-12-20(17-19(21)3)34-26(25(32-28(34)36)22-9-4-6-14-29-22)23-10-8-16-33(23)24-11-5-7-15-30-24/h4-18,25-26H,1-3H3,(H,31,35)(H,32,36)/t25-,26-/m1/s1. The molecule has 1 saturated heterocycles. The van der Waals surface area contributed by atoms with E-state index < -0.39 is 0 Å². The second-order valence-corrected chi connectivity index (χ2v) is 9.52. The maximum atomic E-state index is 12.3. The van der Waals surface area contributed by atoms with E-state index >= 15 is 0 Å². The molecule has 0 unspecified atom stereocenters. The first-order valence-electron chi connectivity index (χ1n) is 11.9. The number of aromatic nitrogens is 3. The molecule has 2 N–H and O–H groups in total. The summed E-state index contributed by atoms with van der Waals surface area (Å²) >= 11 is 5.88. The molecule has 7 nitrogen and oxygen atoms in total. The summed E-state index contributed by atoms with van der Waals surface area (Å²) in [6.07, 6.45) is 5.61. The van der Waals surface area contributed by atoms with E-state index in [0.717, 1.165) is 34.1 Å². The van der Waals surface area contributed by atoms with Gasteiger partial charge in [-0.1, -0.05) is 26.0 Å². The predicted octanol–water partition coefficient (Wildman–Crippen LogP) is 5.35. The van der Waals surface area contributed by atoms with Crippen LogP contribution in [0.25, 0.3) is 5.82 Å². The number of nitrogens with zero attached hydrogens (tertiary/aromatic N) is 4. The largest absolute Gasteiger partial charge is 0.351 e. The molecule has 4 aromatic rings. The van der Waals surface area contributed by atoms with E-state index in [1.165, 1.54) is 0 Å². The monoisotopic (exact) mass is 496 g/mol. The molecular weight excluding hydrogens is 468 g/mol. The Bertz CT molecular complexity index is 1390. The van der Waals surface area contributed by atoms with E-state index in [-0.39, 0.29) is 23.9 Å². The first kappa shape index (κ1) is 23.7. The summed E-state index contributed by atoms with van der Waals surface area (Å²) < 4.78 is 2.09. The molecular formula is C28H28N6OS. The Labute approximate surface area is 216 Å². The summed E-state index contributed by atoms with van der Waals surface area (Å²) in [6, 6.07) is 21.6. The van der Waals surface area contributed by atoms with Gasteiger partial charge < -0.3 is 20.1 Å². The number of hydrogen-bond acceptors (Lipinski definition) is 4. The van der Waals surface area contributed by atoms with E-state index in [2.05, 4.69) is 42.2 Å². The molecule has 3 aromatic heterocycles. The van der Waals surface area contributed by atoms with Crippen LogP contribution in [0, 0.1) is 12.8 Å². The quantitative estimate of drug-likeness (QED) is 0.351. The zero-order chi connectivity index (χ0) is 25.2. The normalized spacial score (nSPS) is 17.3. The van der Waals surface area contributed by atoms with Crippen LogP contribution in [0.1, 0.15) is 42.9 Å². The molecule has 0 radical (unpaired) electrons. The molecule has 2 atom stereocenters. The lowest BCUT2D eigenvalue weighted by Crippen LogP contribution is -2.30. The van der Waals surface area contributed by atoms with Crippen LogP contribution in [-0.4, -0.2) is 25.6 Å². The van der Waals surface area contributed by atoms with Gasteiger partial charge in [0.15, 0.2) is 5.11 Å². The van der Waals surface area contributed by atoms with Gasteiger partial charge in [0.05, 0.1) is 11.7 Å². The molecule has 0 spiro atoms. The summed E-state index contributed by atoms with van der Waals surface area (Å²) in [5.41, 5.74) is 4.63. The second-order valence-electron chi connectivity index (χ2n) is 9.13. The van der Waals surface area contributed by atoms with Crippen LogP contribution < -0.4 is 15.5 Å². The Morgan fingerprint density at radius 3 is 2.47 bits per heavy atom. The minimum atomic E-state index is -0.181. The molecule has 1 aliphatic heterocycles. The van der Waals surface area contributed by atoms with E-state index in [4.69, 9.17) is 12.2 Å². The van der Waals surface area contributed by atoms with E-state index in [9.17, 15) is 4.79 Å². The number of aryl methyl sites for hydroxylation is 1. The zero-order valence-electron chi connectivity index (χ0n) is 20.4. The van der Waals surface area contributed by atoms with Crippen molar-refractivity contribution < 1.29 is 4.79 Å². The number of anilines is 2. The van der Waals surface area contributed by atoms with Gasteiger partial charge in [0.25, 0.3) is 0 Å². The van der Waals surface area contributed by atoms with Crippen LogP contribution in [0.4, 0.5) is 11.4 Å². The van der Waals surface area contributed by atoms with E-state index in [0.29, 0.717) is 5.11 Å². The van der Waals surface area contributed by atoms with Crippen LogP contribution in [0.2, 0.25) is 0 Å². The maximum absolute atomic E-state index is 12.3. The topological polar surface area (TPSA) is 75.1 Å². The van der Waals surface area contributed by atoms with Crippen molar-refractivity contribution in [1.82, 2.24) is 19.9 Å². The highest BCUT2D eigenvalue weighted by molar-refractivity contribution is 7.80. The summed E-state index contributed by atoms with van der Waals surface area (Å²) in [5.74, 6) is 0.728. The Morgan fingerprint density at radius 1 is 1.03 bits per heavy atom. The lowest BCUT2D eigenvalue weighted by atomic mass is 10.0. The average molecular weight is 497 g/mol. The smallest absolute Gasteiger partial charge is 0.226 e. The fraction of sp³-hybridized carbons (Fsp3) is 0.214. The van der Waals surface area contributed by atoms with Crippen molar-refractivity contribution in [2.24, 2.45) is 5.92 Å². The van der Waals surface area contributed by atoms with Crippen molar-refractivity contribution >= 4 is 34.6 Å². The molecule has 1 amide bonds. The van der Waals surface area contributed by atoms with Gasteiger partial charge in [-0.15, -0.1) is 0 Å². The van der Waals surface area contributed by atoms with Gasteiger partial charge in [0.1, 0.15) is 11.9 Å². The number of hydrogen-bond donors (Lipinski definition) is 2. The van der Waals surface area contributed by atoms with Gasteiger partial charge in [0, 0.05) is 41.6 Å². The first-order chi connectivity index (χ1) is 17.4. The van der Waals surface area contributed by atoms with Gasteiger partial charge >= 0.3 is 0 Å². The molecule has 36 heavy (non-hydrogen) atoms. The van der Waals surface area contributed by atoms with Crippen molar-refractivity contribution in [2.45, 2.75) is 32.9 Å². The zero-order valence-corrected chi connectivity index (χ0v) is 21.2. The van der Waals surface area contributed by atoms with Gasteiger partial charge in [-0.2, -0.15) is 0 Å². The molecule has 0 bridgehead atoms. The third kappa shape index (κ3) is 4.47. The van der Waals surface area contributed by atoms with Crippen LogP contribution >= 0.6 is 12.2 Å². The predicted molar refractivity (Wildman–Crippen MR) is 146 cm³/mol.